The molecule has 0 fully saturated rings. The van der Waals surface area contributed by atoms with Crippen LogP contribution in [0.15, 0.2) is 24.3 Å². The van der Waals surface area contributed by atoms with Crippen LogP contribution in [0.4, 0.5) is 0 Å². The van der Waals surface area contributed by atoms with Gasteiger partial charge < -0.3 is 0 Å². The number of hydrogen-bond donors (Lipinski definition) is 2. The first-order valence-electron chi connectivity index (χ1n) is 3.74. The Bertz CT molecular complexity index is 219. The molecule has 1 aromatic rings. The van der Waals surface area contributed by atoms with Crippen molar-refractivity contribution in [3.05, 3.63) is 24.3 Å². The third kappa shape index (κ3) is 2.38. The Labute approximate surface area is 77.6 Å². The van der Waals surface area contributed by atoms with Gasteiger partial charge in [-0.15, -0.1) is 0 Å². The van der Waals surface area contributed by atoms with E-state index in [0.29, 0.717) is 5.46 Å². The van der Waals surface area contributed by atoms with Crippen molar-refractivity contribution >= 4 is 31.6 Å². The second-order valence-corrected chi connectivity index (χ2v) is 7.70. The first kappa shape index (κ1) is 9.85. The molecule has 12 heavy (non-hydrogen) atoms. The van der Waals surface area contributed by atoms with E-state index in [-0.39, 0.29) is 0 Å². The van der Waals surface area contributed by atoms with Gasteiger partial charge in [-0.05, 0) is 0 Å². The summed E-state index contributed by atoms with van der Waals surface area (Å²) in [6.45, 7) is 0. The third-order valence-corrected chi connectivity index (χ3v) is 4.50. The first-order valence-corrected chi connectivity index (χ1v) is 8.44. The van der Waals surface area contributed by atoms with Crippen LogP contribution in [0.5, 0.6) is 0 Å². The van der Waals surface area contributed by atoms with Gasteiger partial charge >= 0.3 is 77.3 Å². The Hall–Kier alpha value is -0.237. The van der Waals surface area contributed by atoms with E-state index in [1.807, 2.05) is 12.1 Å². The predicted molar refractivity (Wildman–Crippen MR) is 53.4 cm³/mol. The minimum atomic E-state index is -1.34. The van der Waals surface area contributed by atoms with Crippen molar-refractivity contribution in [2.24, 2.45) is 0 Å². The zero-order valence-corrected chi connectivity index (χ0v) is 9.10. The standard InChI is InChI=1S/C8H12AsBO2/c1-9(2)7-3-5-8(6-4-7)10(11)12/h3-6,11-12H,1-2H3. The molecule has 0 amide bonds. The zero-order valence-electron chi connectivity index (χ0n) is 7.23. The van der Waals surface area contributed by atoms with Gasteiger partial charge in [0.05, 0.1) is 0 Å². The van der Waals surface area contributed by atoms with E-state index in [9.17, 15) is 0 Å². The molecule has 1 rings (SSSR count). The molecule has 0 bridgehead atoms. The summed E-state index contributed by atoms with van der Waals surface area (Å²) in [6.07, 6.45) is 0. The third-order valence-electron chi connectivity index (χ3n) is 1.71. The molecule has 4 heteroatoms. The van der Waals surface area contributed by atoms with Gasteiger partial charge in [0.1, 0.15) is 0 Å². The van der Waals surface area contributed by atoms with Crippen LogP contribution in [-0.4, -0.2) is 31.8 Å². The SMILES string of the molecule is C[As](C)c1ccc(B(O)O)cc1. The van der Waals surface area contributed by atoms with Crippen LogP contribution < -0.4 is 9.81 Å². The predicted octanol–water partition coefficient (Wildman–Crippen LogP) is -0.672. The number of hydrogen-bond acceptors (Lipinski definition) is 2. The van der Waals surface area contributed by atoms with Crippen molar-refractivity contribution in [1.82, 2.24) is 0 Å². The molecule has 0 unspecified atom stereocenters. The van der Waals surface area contributed by atoms with Gasteiger partial charge in [-0.25, -0.2) is 0 Å². The first-order chi connectivity index (χ1) is 5.61. The van der Waals surface area contributed by atoms with E-state index >= 15 is 0 Å². The van der Waals surface area contributed by atoms with Crippen molar-refractivity contribution in [3.63, 3.8) is 0 Å². The monoisotopic (exact) mass is 226 g/mol. The van der Waals surface area contributed by atoms with Crippen molar-refractivity contribution in [2.45, 2.75) is 11.4 Å². The molecule has 0 heterocycles. The molecule has 0 atom stereocenters. The van der Waals surface area contributed by atoms with Crippen LogP contribution in [0.2, 0.25) is 11.4 Å². The molecule has 0 aliphatic heterocycles. The Morgan fingerprint density at radius 3 is 1.92 bits per heavy atom. The van der Waals surface area contributed by atoms with Crippen LogP contribution in [0.25, 0.3) is 0 Å². The van der Waals surface area contributed by atoms with Gasteiger partial charge in [-0.1, -0.05) is 0 Å². The average molecular weight is 226 g/mol. The van der Waals surface area contributed by atoms with Crippen LogP contribution in [0, 0.1) is 0 Å². The molecule has 1 aromatic carbocycles. The van der Waals surface area contributed by atoms with E-state index < -0.39 is 21.8 Å². The fourth-order valence-corrected chi connectivity index (χ4v) is 2.51. The molecular weight excluding hydrogens is 214 g/mol. The molecule has 2 N–H and O–H groups in total. The average Bonchev–Trinajstić information content (AvgIpc) is 2.04. The van der Waals surface area contributed by atoms with Gasteiger partial charge in [-0.3, -0.25) is 0 Å². The zero-order chi connectivity index (χ0) is 9.14. The van der Waals surface area contributed by atoms with Crippen molar-refractivity contribution in [2.75, 3.05) is 0 Å². The molecule has 0 aromatic heterocycles. The molecule has 2 nitrogen and oxygen atoms in total. The van der Waals surface area contributed by atoms with E-state index in [2.05, 4.69) is 11.4 Å². The van der Waals surface area contributed by atoms with Crippen LogP contribution in [0.1, 0.15) is 0 Å². The Kier molecular flexibility index (Phi) is 3.39. The molecule has 64 valence electrons. The molecular formula is C8H12AsBO2. The summed E-state index contributed by atoms with van der Waals surface area (Å²) in [4.78, 5) is 0. The maximum atomic E-state index is 8.82. The van der Waals surface area contributed by atoms with Crippen LogP contribution in [0.3, 0.4) is 0 Å². The molecule has 0 saturated carbocycles. The van der Waals surface area contributed by atoms with Crippen molar-refractivity contribution in [3.8, 4) is 0 Å². The van der Waals surface area contributed by atoms with Crippen molar-refractivity contribution < 1.29 is 10.0 Å². The summed E-state index contributed by atoms with van der Waals surface area (Å²) < 4.78 is 1.35. The summed E-state index contributed by atoms with van der Waals surface area (Å²) in [7, 11) is -1.34. The summed E-state index contributed by atoms with van der Waals surface area (Å²) in [5.74, 6) is 0. The Morgan fingerprint density at radius 1 is 1.08 bits per heavy atom. The Balaban J connectivity index is 2.86. The number of rotatable bonds is 2. The fourth-order valence-electron chi connectivity index (χ4n) is 0.945. The van der Waals surface area contributed by atoms with Gasteiger partial charge in [0.2, 0.25) is 0 Å². The molecule has 0 radical (unpaired) electrons. The van der Waals surface area contributed by atoms with E-state index in [0.717, 1.165) is 0 Å². The summed E-state index contributed by atoms with van der Waals surface area (Å²) in [5, 5.41) is 17.6. The van der Waals surface area contributed by atoms with Crippen molar-refractivity contribution in [1.29, 1.82) is 0 Å². The maximum absolute atomic E-state index is 8.82. The molecule has 0 aliphatic carbocycles. The number of benzene rings is 1. The van der Waals surface area contributed by atoms with Gasteiger partial charge in [0, 0.05) is 0 Å². The topological polar surface area (TPSA) is 40.5 Å². The summed E-state index contributed by atoms with van der Waals surface area (Å²) >= 11 is -0.805. The van der Waals surface area contributed by atoms with Gasteiger partial charge in [0.15, 0.2) is 0 Å². The minimum absolute atomic E-state index is 0.564. The van der Waals surface area contributed by atoms with E-state index in [1.54, 1.807) is 12.1 Å². The summed E-state index contributed by atoms with van der Waals surface area (Å²) in [6, 6.07) is 7.51. The van der Waals surface area contributed by atoms with E-state index in [1.165, 1.54) is 4.35 Å². The fraction of sp³-hybridized carbons (Fsp3) is 0.250. The van der Waals surface area contributed by atoms with Crippen LogP contribution in [-0.2, 0) is 0 Å². The quantitative estimate of drug-likeness (QED) is 0.656. The van der Waals surface area contributed by atoms with E-state index in [4.69, 9.17) is 10.0 Å². The molecule has 0 aliphatic rings. The normalized spacial score (nSPS) is 10.4. The van der Waals surface area contributed by atoms with Gasteiger partial charge in [-0.2, -0.15) is 0 Å². The second-order valence-electron chi connectivity index (χ2n) is 2.86. The Morgan fingerprint density at radius 2 is 1.58 bits per heavy atom. The summed E-state index contributed by atoms with van der Waals surface area (Å²) in [5.41, 5.74) is 5.06. The van der Waals surface area contributed by atoms with Crippen LogP contribution >= 0.6 is 0 Å². The molecule has 0 spiro atoms. The second kappa shape index (κ2) is 4.13. The van der Waals surface area contributed by atoms with Gasteiger partial charge in [0.25, 0.3) is 0 Å². The molecule has 0 saturated heterocycles.